The molecule has 44 heavy (non-hydrogen) atoms. The second kappa shape index (κ2) is 13.9. The molecule has 5 rings (SSSR count). The van der Waals surface area contributed by atoms with Crippen molar-refractivity contribution in [1.82, 2.24) is 14.9 Å². The summed E-state index contributed by atoms with van der Waals surface area (Å²) in [5, 5.41) is 10.8. The molecule has 0 bridgehead atoms. The number of aromatic nitrogens is 2. The van der Waals surface area contributed by atoms with Gasteiger partial charge in [-0.05, 0) is 49.2 Å². The molecule has 0 radical (unpaired) electrons. The number of pyridine rings is 2. The molecule has 0 unspecified atom stereocenters. The number of nitrogens with two attached hydrogens (primary N) is 1. The van der Waals surface area contributed by atoms with E-state index in [2.05, 4.69) is 20.9 Å². The molecule has 3 N–H and O–H groups in total. The van der Waals surface area contributed by atoms with Crippen molar-refractivity contribution in [3.63, 3.8) is 0 Å². The first-order valence-corrected chi connectivity index (χ1v) is 14.9. The smallest absolute Gasteiger partial charge is 0.320 e. The van der Waals surface area contributed by atoms with Gasteiger partial charge in [0, 0.05) is 53.6 Å². The third-order valence-electron chi connectivity index (χ3n) is 7.54. The number of methoxy groups -OCH3 is 2. The molecule has 4 aromatic rings. The Morgan fingerprint density at radius 1 is 1.07 bits per heavy atom. The van der Waals surface area contributed by atoms with Crippen LogP contribution in [-0.2, 0) is 29.1 Å². The molecule has 2 aromatic carbocycles. The second-order valence-electron chi connectivity index (χ2n) is 10.6. The van der Waals surface area contributed by atoms with Crippen molar-refractivity contribution in [2.24, 2.45) is 5.73 Å². The summed E-state index contributed by atoms with van der Waals surface area (Å²) in [7, 11) is 3.16. The molecule has 1 aliphatic rings. The highest BCUT2D eigenvalue weighted by molar-refractivity contribution is 6.39. The van der Waals surface area contributed by atoms with Crippen molar-refractivity contribution in [3.8, 4) is 45.3 Å². The summed E-state index contributed by atoms with van der Waals surface area (Å²) >= 11 is 14.1. The molecule has 2 aromatic heterocycles. The molecular weight excluding hydrogens is 603 g/mol. The zero-order valence-corrected chi connectivity index (χ0v) is 26.3. The van der Waals surface area contributed by atoms with Gasteiger partial charge in [0.2, 0.25) is 5.88 Å². The number of hydrogen-bond donors (Lipinski definition) is 2. The lowest BCUT2D eigenvalue weighted by Crippen LogP contribution is -2.35. The maximum atomic E-state index is 11.5. The maximum absolute atomic E-state index is 11.5. The fraction of sp³-hybridized carbons (Fsp3) is 0.303. The van der Waals surface area contributed by atoms with Crippen molar-refractivity contribution < 1.29 is 24.1 Å². The van der Waals surface area contributed by atoms with Crippen LogP contribution in [0.1, 0.15) is 23.6 Å². The summed E-state index contributed by atoms with van der Waals surface area (Å²) in [5.41, 5.74) is 12.4. The van der Waals surface area contributed by atoms with E-state index >= 15 is 0 Å². The molecule has 0 saturated carbocycles. The average molecular weight is 638 g/mol. The van der Waals surface area contributed by atoms with Crippen LogP contribution in [0.2, 0.25) is 10.0 Å². The molecular formula is C33H34Cl2N4O5. The zero-order chi connectivity index (χ0) is 31.4. The van der Waals surface area contributed by atoms with Crippen LogP contribution >= 0.6 is 23.2 Å². The first-order chi connectivity index (χ1) is 21.2. The van der Waals surface area contributed by atoms with Crippen LogP contribution in [0.25, 0.3) is 33.6 Å². The summed E-state index contributed by atoms with van der Waals surface area (Å²) in [6.45, 7) is 3.73. The van der Waals surface area contributed by atoms with Gasteiger partial charge in [-0.15, -0.1) is 0 Å². The Hall–Kier alpha value is -3.73. The van der Waals surface area contributed by atoms with Gasteiger partial charge in [-0.3, -0.25) is 14.7 Å². The molecule has 3 heterocycles. The highest BCUT2D eigenvalue weighted by atomic mass is 35.5. The topological polar surface area (TPSA) is 120 Å². The van der Waals surface area contributed by atoms with E-state index in [0.717, 1.165) is 41.0 Å². The molecule has 1 atom stereocenters. The van der Waals surface area contributed by atoms with Gasteiger partial charge in [-0.1, -0.05) is 41.4 Å². The predicted octanol–water partition coefficient (Wildman–Crippen LogP) is 5.54. The first-order valence-electron chi connectivity index (χ1n) is 14.2. The van der Waals surface area contributed by atoms with Crippen molar-refractivity contribution in [3.05, 3.63) is 81.5 Å². The third-order valence-corrected chi connectivity index (χ3v) is 8.33. The summed E-state index contributed by atoms with van der Waals surface area (Å²) in [5.74, 6) is 0.555. The molecule has 0 fully saturated rings. The predicted molar refractivity (Wildman–Crippen MR) is 171 cm³/mol. The zero-order valence-electron chi connectivity index (χ0n) is 24.8. The fourth-order valence-electron chi connectivity index (χ4n) is 5.45. The normalized spacial score (nSPS) is 13.7. The number of esters is 1. The van der Waals surface area contributed by atoms with Gasteiger partial charge in [0.25, 0.3) is 0 Å². The van der Waals surface area contributed by atoms with Crippen LogP contribution in [0, 0.1) is 0 Å². The van der Waals surface area contributed by atoms with E-state index in [1.54, 1.807) is 32.4 Å². The Morgan fingerprint density at radius 3 is 2.57 bits per heavy atom. The quantitative estimate of drug-likeness (QED) is 0.216. The van der Waals surface area contributed by atoms with Crippen LogP contribution in [0.3, 0.4) is 0 Å². The Kier molecular flexibility index (Phi) is 10.0. The van der Waals surface area contributed by atoms with E-state index in [0.29, 0.717) is 51.5 Å². The van der Waals surface area contributed by atoms with Gasteiger partial charge in [-0.2, -0.15) is 0 Å². The molecule has 11 heteroatoms. The van der Waals surface area contributed by atoms with Gasteiger partial charge < -0.3 is 25.1 Å². The molecule has 0 aliphatic carbocycles. The minimum Gasteiger partial charge on any atom is -0.496 e. The maximum Gasteiger partial charge on any atom is 0.320 e. The summed E-state index contributed by atoms with van der Waals surface area (Å²) in [4.78, 5) is 23.0. The Labute approximate surface area is 266 Å². The van der Waals surface area contributed by atoms with Gasteiger partial charge >= 0.3 is 5.97 Å². The Balaban J connectivity index is 1.50. The Morgan fingerprint density at radius 2 is 1.84 bits per heavy atom. The van der Waals surface area contributed by atoms with Crippen LogP contribution in [0.4, 0.5) is 0 Å². The first kappa shape index (κ1) is 31.7. The number of hydrogen-bond acceptors (Lipinski definition) is 9. The summed E-state index contributed by atoms with van der Waals surface area (Å²) in [6, 6.07) is 15.1. The van der Waals surface area contributed by atoms with Crippen LogP contribution in [0.5, 0.6) is 11.6 Å². The van der Waals surface area contributed by atoms with Crippen LogP contribution in [0.15, 0.2) is 54.7 Å². The standard InChI is InChI=1S/C33H34Cl2N4O5/c1-19(40)16-39-12-10-20-13-22(14-28(42-2)26(20)17-39)32-31(35)24(9-11-37-32)23-5-4-6-25(30(23)34)27-8-7-21(33(38-27)43-3)18-44-29(41)15-36/h4-9,11,13-14,19,40H,10,12,15-18,36H2,1-3H3/t19-/m1/s1. The van der Waals surface area contributed by atoms with Crippen molar-refractivity contribution >= 4 is 29.2 Å². The number of rotatable bonds is 10. The number of aliphatic hydroxyl groups excluding tert-OH is 1. The molecule has 0 amide bonds. The molecule has 1 aliphatic heterocycles. The summed E-state index contributed by atoms with van der Waals surface area (Å²) in [6.07, 6.45) is 2.14. The van der Waals surface area contributed by atoms with E-state index in [4.69, 9.17) is 43.1 Å². The van der Waals surface area contributed by atoms with Gasteiger partial charge in [-0.25, -0.2) is 4.98 Å². The van der Waals surface area contributed by atoms with Gasteiger partial charge in [0.1, 0.15) is 12.4 Å². The van der Waals surface area contributed by atoms with Crippen LogP contribution in [-0.4, -0.2) is 65.9 Å². The monoisotopic (exact) mass is 636 g/mol. The Bertz CT molecular complexity index is 1660. The number of halogens is 2. The average Bonchev–Trinajstić information content (AvgIpc) is 3.03. The van der Waals surface area contributed by atoms with Crippen molar-refractivity contribution in [2.75, 3.05) is 33.9 Å². The van der Waals surface area contributed by atoms with Gasteiger partial charge in [0.05, 0.1) is 53.9 Å². The molecule has 230 valence electrons. The van der Waals surface area contributed by atoms with Gasteiger partial charge in [0.15, 0.2) is 0 Å². The van der Waals surface area contributed by atoms with E-state index in [1.165, 1.54) is 12.7 Å². The van der Waals surface area contributed by atoms with Crippen molar-refractivity contribution in [2.45, 2.75) is 32.6 Å². The minimum absolute atomic E-state index is 0.0107. The number of benzene rings is 2. The second-order valence-corrected chi connectivity index (χ2v) is 11.3. The molecule has 0 spiro atoms. The molecule has 0 saturated heterocycles. The molecule has 9 nitrogen and oxygen atoms in total. The fourth-order valence-corrected chi connectivity index (χ4v) is 6.10. The number of fused-ring (bicyclic) bond motifs is 1. The highest BCUT2D eigenvalue weighted by Crippen LogP contribution is 2.43. The highest BCUT2D eigenvalue weighted by Gasteiger charge is 2.24. The van der Waals surface area contributed by atoms with Crippen molar-refractivity contribution in [1.29, 1.82) is 0 Å². The number of aliphatic hydroxyl groups is 1. The number of β-amino-alcohol motifs (C(OH)–C–C–N with tert-alkyl or cyclic N) is 1. The number of carbonyl (C=O) groups excluding carboxylic acids is 1. The minimum atomic E-state index is -0.520. The number of ether oxygens (including phenoxy) is 3. The number of nitrogens with zero attached hydrogens (tertiary/aromatic N) is 3. The van der Waals surface area contributed by atoms with E-state index in [-0.39, 0.29) is 13.2 Å². The number of carbonyl (C=O) groups is 1. The van der Waals surface area contributed by atoms with Crippen LogP contribution < -0.4 is 15.2 Å². The lowest BCUT2D eigenvalue weighted by molar-refractivity contribution is -0.143. The lowest BCUT2D eigenvalue weighted by atomic mass is 9.93. The lowest BCUT2D eigenvalue weighted by Gasteiger charge is -2.31. The van der Waals surface area contributed by atoms with E-state index in [9.17, 15) is 9.90 Å². The van der Waals surface area contributed by atoms with E-state index in [1.807, 2.05) is 30.3 Å². The third kappa shape index (κ3) is 6.67. The van der Waals surface area contributed by atoms with E-state index < -0.39 is 12.1 Å². The SMILES string of the molecule is COc1cc(-c2nccc(-c3cccc(-c4ccc(COC(=O)CN)c(OC)n4)c3Cl)c2Cl)cc2c1CN(C[C@@H](C)O)CC2. The largest absolute Gasteiger partial charge is 0.496 e. The summed E-state index contributed by atoms with van der Waals surface area (Å²) < 4.78 is 16.4.